The molecule has 13 nitrogen and oxygen atoms in total. The average molecular weight is 604 g/mol. The third kappa shape index (κ3) is 6.31. The van der Waals surface area contributed by atoms with Gasteiger partial charge >= 0.3 is 5.69 Å². The lowest BCUT2D eigenvalue weighted by Gasteiger charge is -2.21. The van der Waals surface area contributed by atoms with Gasteiger partial charge in [0.15, 0.2) is 6.61 Å². The molecule has 3 amide bonds. The van der Waals surface area contributed by atoms with E-state index in [1.54, 1.807) is 24.3 Å². The van der Waals surface area contributed by atoms with Crippen LogP contribution in [0.1, 0.15) is 39.3 Å². The Kier molecular flexibility index (Phi) is 7.85. The van der Waals surface area contributed by atoms with Crippen LogP contribution in [0.2, 0.25) is 0 Å². The molecule has 1 aliphatic carbocycles. The SMILES string of the molecule is Cn1c(C(=O)N2C[C@@H]3NC(=O)c4cc(cc(OCC5CC5)c4)OCC(=O)NCc4ccc(cc4)O[C@H]3C2)cc(=O)n(C)c1=O. The van der Waals surface area contributed by atoms with Gasteiger partial charge in [0.25, 0.3) is 23.3 Å². The van der Waals surface area contributed by atoms with Crippen molar-refractivity contribution in [1.29, 1.82) is 0 Å². The van der Waals surface area contributed by atoms with Crippen molar-refractivity contribution < 1.29 is 28.6 Å². The van der Waals surface area contributed by atoms with Gasteiger partial charge in [-0.3, -0.25) is 28.3 Å². The lowest BCUT2D eigenvalue weighted by molar-refractivity contribution is -0.123. The van der Waals surface area contributed by atoms with E-state index in [4.69, 9.17) is 14.2 Å². The summed E-state index contributed by atoms with van der Waals surface area (Å²) in [7, 11) is 2.77. The summed E-state index contributed by atoms with van der Waals surface area (Å²) in [6.45, 7) is 0.701. The van der Waals surface area contributed by atoms with E-state index >= 15 is 0 Å². The van der Waals surface area contributed by atoms with Crippen LogP contribution in [-0.4, -0.2) is 70.2 Å². The number of carbonyl (C=O) groups excluding carboxylic acids is 3. The molecule has 0 unspecified atom stereocenters. The highest BCUT2D eigenvalue weighted by atomic mass is 16.5. The molecular formula is C31H33N5O8. The molecule has 44 heavy (non-hydrogen) atoms. The highest BCUT2D eigenvalue weighted by Gasteiger charge is 2.39. The zero-order valence-corrected chi connectivity index (χ0v) is 24.4. The molecule has 3 aromatic rings. The highest BCUT2D eigenvalue weighted by molar-refractivity contribution is 5.96. The first-order valence-electron chi connectivity index (χ1n) is 14.4. The monoisotopic (exact) mass is 603 g/mol. The van der Waals surface area contributed by atoms with Gasteiger partial charge in [-0.15, -0.1) is 0 Å². The molecule has 2 atom stereocenters. The number of nitrogens with zero attached hydrogens (tertiary/aromatic N) is 3. The van der Waals surface area contributed by atoms with E-state index in [9.17, 15) is 24.0 Å². The summed E-state index contributed by atoms with van der Waals surface area (Å²) in [5.41, 5.74) is -0.192. The Morgan fingerprint density at radius 3 is 2.48 bits per heavy atom. The van der Waals surface area contributed by atoms with Crippen molar-refractivity contribution in [3.8, 4) is 17.2 Å². The number of nitrogens with one attached hydrogen (secondary N) is 2. The average Bonchev–Trinajstić information content (AvgIpc) is 3.78. The van der Waals surface area contributed by atoms with Crippen molar-refractivity contribution in [3.05, 3.63) is 86.2 Å². The van der Waals surface area contributed by atoms with Crippen LogP contribution in [-0.2, 0) is 25.4 Å². The van der Waals surface area contributed by atoms with Crippen LogP contribution >= 0.6 is 0 Å². The Hall–Kier alpha value is -5.07. The van der Waals surface area contributed by atoms with E-state index in [1.165, 1.54) is 25.1 Å². The zero-order chi connectivity index (χ0) is 31.0. The van der Waals surface area contributed by atoms with Crippen LogP contribution in [0, 0.1) is 5.92 Å². The van der Waals surface area contributed by atoms with Gasteiger partial charge in [0.1, 0.15) is 29.0 Å². The fourth-order valence-electron chi connectivity index (χ4n) is 5.18. The summed E-state index contributed by atoms with van der Waals surface area (Å²) < 4.78 is 20.0. The minimum absolute atomic E-state index is 0.0630. The molecule has 2 aromatic carbocycles. The maximum absolute atomic E-state index is 13.6. The Balaban J connectivity index is 1.31. The van der Waals surface area contributed by atoms with Gasteiger partial charge in [-0.1, -0.05) is 12.1 Å². The Labute approximate surface area is 252 Å². The number of benzene rings is 2. The quantitative estimate of drug-likeness (QED) is 0.440. The second kappa shape index (κ2) is 11.9. The first-order valence-corrected chi connectivity index (χ1v) is 14.4. The van der Waals surface area contributed by atoms with E-state index in [-0.39, 0.29) is 43.4 Å². The highest BCUT2D eigenvalue weighted by Crippen LogP contribution is 2.31. The number of likely N-dealkylation sites (tertiary alicyclic amines) is 1. The first kappa shape index (κ1) is 29.0. The summed E-state index contributed by atoms with van der Waals surface area (Å²) in [4.78, 5) is 65.9. The number of amides is 3. The van der Waals surface area contributed by atoms with Crippen LogP contribution < -0.4 is 36.1 Å². The molecule has 0 spiro atoms. The molecule has 2 fully saturated rings. The van der Waals surface area contributed by atoms with Crippen LogP contribution in [0.15, 0.2) is 58.1 Å². The topological polar surface area (TPSA) is 150 Å². The summed E-state index contributed by atoms with van der Waals surface area (Å²) in [5, 5.41) is 5.80. The maximum atomic E-state index is 13.6. The summed E-state index contributed by atoms with van der Waals surface area (Å²) >= 11 is 0. The largest absolute Gasteiger partial charge is 0.493 e. The molecule has 1 saturated heterocycles. The van der Waals surface area contributed by atoms with Gasteiger partial charge in [-0.2, -0.15) is 0 Å². The Morgan fingerprint density at radius 1 is 0.955 bits per heavy atom. The predicted octanol–water partition coefficient (Wildman–Crippen LogP) is 0.583. The molecular weight excluding hydrogens is 570 g/mol. The van der Waals surface area contributed by atoms with Crippen LogP contribution in [0.5, 0.6) is 17.2 Å². The van der Waals surface area contributed by atoms with Gasteiger partial charge in [0.05, 0.1) is 19.2 Å². The second-order valence-electron chi connectivity index (χ2n) is 11.4. The summed E-state index contributed by atoms with van der Waals surface area (Å²) in [6, 6.07) is 12.4. The number of hydrogen-bond acceptors (Lipinski definition) is 8. The summed E-state index contributed by atoms with van der Waals surface area (Å²) in [5.74, 6) is 0.418. The minimum atomic E-state index is -0.655. The van der Waals surface area contributed by atoms with Crippen molar-refractivity contribution in [2.24, 2.45) is 20.0 Å². The van der Waals surface area contributed by atoms with E-state index in [0.717, 1.165) is 33.6 Å². The number of carbonyl (C=O) groups is 3. The molecule has 0 radical (unpaired) electrons. The second-order valence-corrected chi connectivity index (χ2v) is 11.4. The molecule has 2 N–H and O–H groups in total. The first-order chi connectivity index (χ1) is 21.1. The van der Waals surface area contributed by atoms with Crippen molar-refractivity contribution in [1.82, 2.24) is 24.7 Å². The molecule has 1 saturated carbocycles. The van der Waals surface area contributed by atoms with E-state index in [1.807, 2.05) is 12.1 Å². The smallest absolute Gasteiger partial charge is 0.331 e. The lowest BCUT2D eigenvalue weighted by atomic mass is 10.1. The van der Waals surface area contributed by atoms with E-state index in [2.05, 4.69) is 10.6 Å². The molecule has 7 rings (SSSR count). The predicted molar refractivity (Wildman–Crippen MR) is 157 cm³/mol. The molecule has 230 valence electrons. The number of fused-ring (bicyclic) bond motifs is 7. The standard InChI is InChI=1S/C31H33N5O8/c1-34-25(12-28(38)35(2)31(34)41)30(40)36-14-24-26(15-36)44-21-7-5-18(6-8-21)13-32-27(37)17-43-23-10-20(29(39)33-24)9-22(11-23)42-16-19-3-4-19/h5-12,19,24,26H,3-4,13-17H2,1-2H3,(H,32,37)(H,33,39)/t24-,26-/m0/s1. The van der Waals surface area contributed by atoms with Gasteiger partial charge in [0, 0.05) is 44.9 Å². The molecule has 3 aliphatic heterocycles. The molecule has 1 aromatic heterocycles. The van der Waals surface area contributed by atoms with Gasteiger partial charge in [-0.05, 0) is 48.6 Å². The fraction of sp³-hybridized carbons (Fsp3) is 0.387. The van der Waals surface area contributed by atoms with Crippen LogP contribution in [0.4, 0.5) is 0 Å². The van der Waals surface area contributed by atoms with E-state index < -0.39 is 35.2 Å². The van der Waals surface area contributed by atoms with Crippen LogP contribution in [0.3, 0.4) is 0 Å². The van der Waals surface area contributed by atoms with Crippen molar-refractivity contribution in [3.63, 3.8) is 0 Å². The van der Waals surface area contributed by atoms with Crippen molar-refractivity contribution in [2.75, 3.05) is 26.3 Å². The van der Waals surface area contributed by atoms with Gasteiger partial charge < -0.3 is 29.7 Å². The number of ether oxygens (including phenoxy) is 3. The summed E-state index contributed by atoms with van der Waals surface area (Å²) in [6.07, 6.45) is 1.53. The van der Waals surface area contributed by atoms with Crippen molar-refractivity contribution >= 4 is 17.7 Å². The Morgan fingerprint density at radius 2 is 1.73 bits per heavy atom. The third-order valence-corrected chi connectivity index (χ3v) is 8.01. The van der Waals surface area contributed by atoms with Gasteiger partial charge in [-0.25, -0.2) is 4.79 Å². The van der Waals surface area contributed by atoms with E-state index in [0.29, 0.717) is 29.8 Å². The third-order valence-electron chi connectivity index (χ3n) is 8.01. The van der Waals surface area contributed by atoms with Crippen LogP contribution in [0.25, 0.3) is 0 Å². The number of hydrogen-bond donors (Lipinski definition) is 2. The Bertz CT molecular complexity index is 1730. The minimum Gasteiger partial charge on any atom is -0.493 e. The molecule has 13 heteroatoms. The molecule has 4 bridgehead atoms. The zero-order valence-electron chi connectivity index (χ0n) is 24.4. The number of rotatable bonds is 4. The molecule has 4 heterocycles. The van der Waals surface area contributed by atoms with Crippen molar-refractivity contribution in [2.45, 2.75) is 31.5 Å². The molecule has 4 aliphatic rings. The fourth-order valence-corrected chi connectivity index (χ4v) is 5.18. The number of aromatic nitrogens is 2. The maximum Gasteiger partial charge on any atom is 0.331 e. The normalized spacial score (nSPS) is 20.1. The van der Waals surface area contributed by atoms with Gasteiger partial charge in [0.2, 0.25) is 0 Å². The lowest BCUT2D eigenvalue weighted by Crippen LogP contribution is -2.45.